The molecule has 0 fully saturated rings. The molecule has 1 aromatic carbocycles. The fourth-order valence-electron chi connectivity index (χ4n) is 1.58. The third kappa shape index (κ3) is 5.51. The largest absolute Gasteiger partial charge is 0.489 e. The first-order valence-electron chi connectivity index (χ1n) is 6.83. The summed E-state index contributed by atoms with van der Waals surface area (Å²) < 4.78 is 6.74. The van der Waals surface area contributed by atoms with Crippen molar-refractivity contribution in [1.29, 1.82) is 0 Å². The highest BCUT2D eigenvalue weighted by atomic mass is 79.9. The van der Waals surface area contributed by atoms with Gasteiger partial charge in [-0.3, -0.25) is 0 Å². The van der Waals surface area contributed by atoms with E-state index in [1.165, 1.54) is 0 Å². The molecule has 4 heteroatoms. The number of hydrogen-bond acceptors (Lipinski definition) is 3. The van der Waals surface area contributed by atoms with Crippen LogP contribution in [0.4, 0.5) is 0 Å². The van der Waals surface area contributed by atoms with Gasteiger partial charge in [-0.15, -0.1) is 0 Å². The summed E-state index contributed by atoms with van der Waals surface area (Å²) in [5.74, 6) is 0.819. The van der Waals surface area contributed by atoms with Crippen LogP contribution in [0.1, 0.15) is 39.2 Å². The van der Waals surface area contributed by atoms with Gasteiger partial charge >= 0.3 is 0 Å². The molecule has 1 rings (SSSR count). The molecule has 0 radical (unpaired) electrons. The van der Waals surface area contributed by atoms with Crippen LogP contribution in [0.2, 0.25) is 0 Å². The van der Waals surface area contributed by atoms with E-state index in [9.17, 15) is 5.11 Å². The molecule has 0 aliphatic heterocycles. The van der Waals surface area contributed by atoms with Crippen LogP contribution in [0.5, 0.6) is 5.75 Å². The zero-order chi connectivity index (χ0) is 14.3. The molecular formula is C15H24BrNO2. The lowest BCUT2D eigenvalue weighted by Gasteiger charge is -2.23. The number of hydrogen-bond donors (Lipinski definition) is 2. The van der Waals surface area contributed by atoms with Crippen molar-refractivity contribution < 1.29 is 9.84 Å². The van der Waals surface area contributed by atoms with Gasteiger partial charge in [0.1, 0.15) is 12.4 Å². The lowest BCUT2D eigenvalue weighted by molar-refractivity contribution is 0.00792. The maximum Gasteiger partial charge on any atom is 0.138 e. The molecule has 1 aromatic rings. The summed E-state index contributed by atoms with van der Waals surface area (Å²) in [6.45, 7) is 7.94. The van der Waals surface area contributed by atoms with E-state index in [1.54, 1.807) is 6.92 Å². The van der Waals surface area contributed by atoms with Crippen LogP contribution < -0.4 is 10.1 Å². The zero-order valence-electron chi connectivity index (χ0n) is 12.0. The van der Waals surface area contributed by atoms with Gasteiger partial charge in [0, 0.05) is 12.1 Å². The van der Waals surface area contributed by atoms with Crippen molar-refractivity contribution in [2.45, 2.75) is 45.8 Å². The van der Waals surface area contributed by atoms with Gasteiger partial charge < -0.3 is 15.2 Å². The first-order valence-corrected chi connectivity index (χ1v) is 7.62. The van der Waals surface area contributed by atoms with Crippen LogP contribution in [0.25, 0.3) is 0 Å². The summed E-state index contributed by atoms with van der Waals surface area (Å²) in [4.78, 5) is 0. The Morgan fingerprint density at radius 3 is 2.74 bits per heavy atom. The first kappa shape index (κ1) is 16.5. The second kappa shape index (κ2) is 7.88. The van der Waals surface area contributed by atoms with E-state index in [-0.39, 0.29) is 0 Å². The maximum atomic E-state index is 10.0. The second-order valence-corrected chi connectivity index (χ2v) is 5.90. The summed E-state index contributed by atoms with van der Waals surface area (Å²) in [5.41, 5.74) is 0.318. The number of benzene rings is 1. The minimum Gasteiger partial charge on any atom is -0.489 e. The predicted octanol–water partition coefficient (Wildman–Crippen LogP) is 3.49. The minimum absolute atomic E-state index is 0.299. The minimum atomic E-state index is -0.788. The summed E-state index contributed by atoms with van der Waals surface area (Å²) in [7, 11) is 0. The number of para-hydroxylation sites is 1. The molecule has 1 atom stereocenters. The van der Waals surface area contributed by atoms with Crippen LogP contribution >= 0.6 is 15.9 Å². The Labute approximate surface area is 124 Å². The van der Waals surface area contributed by atoms with Crippen molar-refractivity contribution in [2.75, 3.05) is 13.2 Å². The summed E-state index contributed by atoms with van der Waals surface area (Å²) >= 11 is 3.51. The molecule has 1 unspecified atom stereocenters. The molecule has 108 valence electrons. The average Bonchev–Trinajstić information content (AvgIpc) is 2.38. The summed E-state index contributed by atoms with van der Waals surface area (Å²) in [6.07, 6.45) is 1.77. The summed E-state index contributed by atoms with van der Waals surface area (Å²) in [5, 5.41) is 13.4. The Morgan fingerprint density at radius 1 is 1.37 bits per heavy atom. The molecule has 2 N–H and O–H groups in total. The fourth-order valence-corrected chi connectivity index (χ4v) is 2.11. The van der Waals surface area contributed by atoms with E-state index in [0.717, 1.165) is 35.3 Å². The molecule has 0 spiro atoms. The highest BCUT2D eigenvalue weighted by molar-refractivity contribution is 9.10. The van der Waals surface area contributed by atoms with Crippen LogP contribution in [-0.4, -0.2) is 23.9 Å². The van der Waals surface area contributed by atoms with E-state index < -0.39 is 5.60 Å². The van der Waals surface area contributed by atoms with E-state index in [2.05, 4.69) is 28.2 Å². The van der Waals surface area contributed by atoms with Crippen LogP contribution in [-0.2, 0) is 6.54 Å². The number of halogens is 1. The molecule has 0 saturated carbocycles. The lowest BCUT2D eigenvalue weighted by atomic mass is 10.1. The average molecular weight is 330 g/mol. The summed E-state index contributed by atoms with van der Waals surface area (Å²) in [6, 6.07) is 6.00. The number of aliphatic hydroxyl groups is 1. The Kier molecular flexibility index (Phi) is 6.83. The molecule has 0 bridgehead atoms. The number of nitrogens with one attached hydrogen (secondary N) is 1. The molecule has 0 aliphatic rings. The molecule has 0 saturated heterocycles. The van der Waals surface area contributed by atoms with Gasteiger partial charge in [0.25, 0.3) is 0 Å². The van der Waals surface area contributed by atoms with Crippen molar-refractivity contribution in [3.8, 4) is 5.75 Å². The number of rotatable bonds is 8. The first-order chi connectivity index (χ1) is 9.00. The van der Waals surface area contributed by atoms with Gasteiger partial charge in [-0.1, -0.05) is 26.0 Å². The monoisotopic (exact) mass is 329 g/mol. The van der Waals surface area contributed by atoms with E-state index in [1.807, 2.05) is 25.1 Å². The fraction of sp³-hybridized carbons (Fsp3) is 0.600. The molecule has 19 heavy (non-hydrogen) atoms. The van der Waals surface area contributed by atoms with Gasteiger partial charge in [0.05, 0.1) is 10.1 Å². The molecule has 0 heterocycles. The predicted molar refractivity (Wildman–Crippen MR) is 82.5 cm³/mol. The third-order valence-electron chi connectivity index (χ3n) is 3.08. The quantitative estimate of drug-likeness (QED) is 0.717. The lowest BCUT2D eigenvalue weighted by Crippen LogP contribution is -2.31. The van der Waals surface area contributed by atoms with E-state index in [4.69, 9.17) is 4.74 Å². The number of ether oxygens (including phenoxy) is 1. The topological polar surface area (TPSA) is 41.5 Å². The molecule has 0 aromatic heterocycles. The Balaban J connectivity index is 2.74. The Morgan fingerprint density at radius 2 is 2.11 bits per heavy atom. The van der Waals surface area contributed by atoms with Gasteiger partial charge in [-0.05, 0) is 48.3 Å². The van der Waals surface area contributed by atoms with Gasteiger partial charge in [-0.25, -0.2) is 0 Å². The van der Waals surface area contributed by atoms with Crippen molar-refractivity contribution in [1.82, 2.24) is 5.32 Å². The van der Waals surface area contributed by atoms with Crippen molar-refractivity contribution >= 4 is 15.9 Å². The third-order valence-corrected chi connectivity index (χ3v) is 3.70. The van der Waals surface area contributed by atoms with Crippen LogP contribution in [0.3, 0.4) is 0 Å². The van der Waals surface area contributed by atoms with E-state index in [0.29, 0.717) is 13.0 Å². The Bertz CT molecular complexity index is 394. The highest BCUT2D eigenvalue weighted by Gasteiger charge is 2.20. The zero-order valence-corrected chi connectivity index (χ0v) is 13.6. The molecule has 0 aliphatic carbocycles. The van der Waals surface area contributed by atoms with Gasteiger partial charge in [-0.2, -0.15) is 0 Å². The van der Waals surface area contributed by atoms with Crippen molar-refractivity contribution in [2.24, 2.45) is 0 Å². The standard InChI is InChI=1S/C15H24BrNO2/c1-4-9-17-10-12-7-6-8-13(16)14(12)19-11-15(3,18)5-2/h6-8,17-18H,4-5,9-11H2,1-3H3. The maximum absolute atomic E-state index is 10.0. The smallest absolute Gasteiger partial charge is 0.138 e. The molecule has 0 amide bonds. The van der Waals surface area contributed by atoms with Crippen molar-refractivity contribution in [3.63, 3.8) is 0 Å². The van der Waals surface area contributed by atoms with Gasteiger partial charge in [0.15, 0.2) is 0 Å². The second-order valence-electron chi connectivity index (χ2n) is 5.04. The van der Waals surface area contributed by atoms with Crippen LogP contribution in [0.15, 0.2) is 22.7 Å². The Hall–Kier alpha value is -0.580. The SMILES string of the molecule is CCCNCc1cccc(Br)c1OCC(C)(O)CC. The van der Waals surface area contributed by atoms with E-state index >= 15 is 0 Å². The van der Waals surface area contributed by atoms with Crippen LogP contribution in [0, 0.1) is 0 Å². The molecule has 3 nitrogen and oxygen atoms in total. The van der Waals surface area contributed by atoms with Crippen molar-refractivity contribution in [3.05, 3.63) is 28.2 Å². The normalized spacial score (nSPS) is 14.2. The molecular weight excluding hydrogens is 306 g/mol. The van der Waals surface area contributed by atoms with Gasteiger partial charge in [0.2, 0.25) is 0 Å². The highest BCUT2D eigenvalue weighted by Crippen LogP contribution is 2.30.